The summed E-state index contributed by atoms with van der Waals surface area (Å²) >= 11 is 6.00. The molecule has 26 heavy (non-hydrogen) atoms. The molecule has 0 atom stereocenters. The van der Waals surface area contributed by atoms with Gasteiger partial charge >= 0.3 is 0 Å². The maximum atomic E-state index is 12.2. The van der Waals surface area contributed by atoms with Crippen LogP contribution in [-0.2, 0) is 16.1 Å². The zero-order chi connectivity index (χ0) is 18.9. The van der Waals surface area contributed by atoms with Gasteiger partial charge in [0.15, 0.2) is 0 Å². The highest BCUT2D eigenvalue weighted by atomic mass is 35.5. The van der Waals surface area contributed by atoms with E-state index in [0.29, 0.717) is 23.9 Å². The summed E-state index contributed by atoms with van der Waals surface area (Å²) in [6, 6.07) is 9.22. The van der Waals surface area contributed by atoms with E-state index in [1.807, 2.05) is 31.2 Å². The van der Waals surface area contributed by atoms with E-state index in [4.69, 9.17) is 11.6 Å². The Morgan fingerprint density at radius 2 is 2.00 bits per heavy atom. The summed E-state index contributed by atoms with van der Waals surface area (Å²) in [5.41, 5.74) is 0.987. The summed E-state index contributed by atoms with van der Waals surface area (Å²) in [6.45, 7) is 3.42. The summed E-state index contributed by atoms with van der Waals surface area (Å²) in [7, 11) is 1.73. The SMILES string of the molecule is CCCNC(=O)CN(C)CC(=O)Nc1ccnn1Cc1cccc(Cl)c1. The Labute approximate surface area is 158 Å². The molecule has 0 saturated carbocycles. The molecule has 1 aromatic carbocycles. The number of rotatable bonds is 9. The fraction of sp³-hybridized carbons (Fsp3) is 0.389. The van der Waals surface area contributed by atoms with E-state index in [-0.39, 0.29) is 24.9 Å². The van der Waals surface area contributed by atoms with Gasteiger partial charge in [-0.25, -0.2) is 4.68 Å². The molecule has 0 aliphatic rings. The van der Waals surface area contributed by atoms with Gasteiger partial charge in [0.1, 0.15) is 5.82 Å². The second-order valence-corrected chi connectivity index (χ2v) is 6.51. The Balaban J connectivity index is 1.88. The molecule has 2 rings (SSSR count). The minimum absolute atomic E-state index is 0.0897. The van der Waals surface area contributed by atoms with Gasteiger partial charge in [-0.15, -0.1) is 0 Å². The van der Waals surface area contributed by atoms with Crippen LogP contribution in [-0.4, -0.2) is 53.2 Å². The number of hydrogen-bond acceptors (Lipinski definition) is 4. The largest absolute Gasteiger partial charge is 0.355 e. The molecule has 0 radical (unpaired) electrons. The zero-order valence-corrected chi connectivity index (χ0v) is 15.8. The average molecular weight is 378 g/mol. The second-order valence-electron chi connectivity index (χ2n) is 6.07. The van der Waals surface area contributed by atoms with E-state index in [1.165, 1.54) is 0 Å². The maximum absolute atomic E-state index is 12.2. The van der Waals surface area contributed by atoms with Crippen molar-refractivity contribution in [2.45, 2.75) is 19.9 Å². The van der Waals surface area contributed by atoms with Gasteiger partial charge in [-0.1, -0.05) is 30.7 Å². The minimum atomic E-state index is -0.205. The van der Waals surface area contributed by atoms with Crippen LogP contribution in [0.2, 0.25) is 5.02 Å². The molecule has 0 bridgehead atoms. The zero-order valence-electron chi connectivity index (χ0n) is 15.0. The van der Waals surface area contributed by atoms with Crippen LogP contribution in [0, 0.1) is 0 Å². The predicted octanol–water partition coefficient (Wildman–Crippen LogP) is 1.98. The summed E-state index contributed by atoms with van der Waals surface area (Å²) in [4.78, 5) is 25.6. The molecule has 0 unspecified atom stereocenters. The van der Waals surface area contributed by atoms with E-state index in [0.717, 1.165) is 12.0 Å². The molecular weight excluding hydrogens is 354 g/mol. The quantitative estimate of drug-likeness (QED) is 0.700. The number of halogens is 1. The number of benzene rings is 1. The van der Waals surface area contributed by atoms with Crippen LogP contribution in [0.25, 0.3) is 0 Å². The molecule has 0 aliphatic carbocycles. The first kappa shape index (κ1) is 19.9. The smallest absolute Gasteiger partial charge is 0.239 e. The predicted molar refractivity (Wildman–Crippen MR) is 102 cm³/mol. The maximum Gasteiger partial charge on any atom is 0.239 e. The third-order valence-corrected chi connectivity index (χ3v) is 3.84. The van der Waals surface area contributed by atoms with Gasteiger partial charge in [0.2, 0.25) is 11.8 Å². The minimum Gasteiger partial charge on any atom is -0.355 e. The molecule has 0 saturated heterocycles. The van der Waals surface area contributed by atoms with Crippen molar-refractivity contribution in [2.24, 2.45) is 0 Å². The lowest BCUT2D eigenvalue weighted by molar-refractivity contribution is -0.122. The second kappa shape index (κ2) is 9.94. The average Bonchev–Trinajstić information content (AvgIpc) is 2.99. The summed E-state index contributed by atoms with van der Waals surface area (Å²) in [6.07, 6.45) is 2.51. The van der Waals surface area contributed by atoms with E-state index < -0.39 is 0 Å². The summed E-state index contributed by atoms with van der Waals surface area (Å²) < 4.78 is 1.69. The molecule has 0 aliphatic heterocycles. The van der Waals surface area contributed by atoms with Crippen molar-refractivity contribution in [1.82, 2.24) is 20.0 Å². The Kier molecular flexibility index (Phi) is 7.62. The standard InChI is InChI=1S/C18H24ClN5O2/c1-3-8-20-17(25)12-23(2)13-18(26)22-16-7-9-21-24(16)11-14-5-4-6-15(19)10-14/h4-7,9-10H,3,8,11-13H2,1-2H3,(H,20,25)(H,22,26). The van der Waals surface area contributed by atoms with Crippen LogP contribution in [0.15, 0.2) is 36.5 Å². The fourth-order valence-electron chi connectivity index (χ4n) is 2.42. The first-order valence-corrected chi connectivity index (χ1v) is 8.87. The van der Waals surface area contributed by atoms with E-state index >= 15 is 0 Å². The van der Waals surface area contributed by atoms with Crippen molar-refractivity contribution in [3.63, 3.8) is 0 Å². The third-order valence-electron chi connectivity index (χ3n) is 3.60. The van der Waals surface area contributed by atoms with Crippen molar-refractivity contribution in [3.8, 4) is 0 Å². The number of nitrogens with one attached hydrogen (secondary N) is 2. The Morgan fingerprint density at radius 3 is 2.73 bits per heavy atom. The van der Waals surface area contributed by atoms with Gasteiger partial charge in [0, 0.05) is 17.6 Å². The van der Waals surface area contributed by atoms with Gasteiger partial charge in [0.05, 0.1) is 25.8 Å². The number of anilines is 1. The molecule has 8 heteroatoms. The molecule has 0 fully saturated rings. The highest BCUT2D eigenvalue weighted by Crippen LogP contribution is 2.14. The molecule has 140 valence electrons. The van der Waals surface area contributed by atoms with E-state index in [9.17, 15) is 9.59 Å². The van der Waals surface area contributed by atoms with Gasteiger partial charge in [-0.3, -0.25) is 14.5 Å². The molecule has 7 nitrogen and oxygen atoms in total. The van der Waals surface area contributed by atoms with Gasteiger partial charge in [-0.05, 0) is 31.2 Å². The van der Waals surface area contributed by atoms with Gasteiger partial charge < -0.3 is 10.6 Å². The number of hydrogen-bond donors (Lipinski definition) is 2. The normalized spacial score (nSPS) is 10.8. The van der Waals surface area contributed by atoms with Crippen LogP contribution in [0.1, 0.15) is 18.9 Å². The van der Waals surface area contributed by atoms with E-state index in [2.05, 4.69) is 15.7 Å². The number of aromatic nitrogens is 2. The van der Waals surface area contributed by atoms with Crippen molar-refractivity contribution in [3.05, 3.63) is 47.1 Å². The lowest BCUT2D eigenvalue weighted by Crippen LogP contribution is -2.39. The topological polar surface area (TPSA) is 79.3 Å². The van der Waals surface area contributed by atoms with Crippen molar-refractivity contribution in [1.29, 1.82) is 0 Å². The molecule has 1 aromatic heterocycles. The molecule has 2 aromatic rings. The summed E-state index contributed by atoms with van der Waals surface area (Å²) in [5, 5.41) is 10.5. The third kappa shape index (κ3) is 6.50. The fourth-order valence-corrected chi connectivity index (χ4v) is 2.63. The molecule has 2 amide bonds. The monoisotopic (exact) mass is 377 g/mol. The number of carbonyl (C=O) groups is 2. The van der Waals surface area contributed by atoms with Crippen LogP contribution < -0.4 is 10.6 Å². The lowest BCUT2D eigenvalue weighted by Gasteiger charge is -2.16. The molecule has 0 spiro atoms. The molecular formula is C18H24ClN5O2. The Morgan fingerprint density at radius 1 is 1.23 bits per heavy atom. The van der Waals surface area contributed by atoms with Gasteiger partial charge in [0.25, 0.3) is 0 Å². The molecule has 2 N–H and O–H groups in total. The van der Waals surface area contributed by atoms with Gasteiger partial charge in [-0.2, -0.15) is 5.10 Å². The number of nitrogens with zero attached hydrogens (tertiary/aromatic N) is 3. The number of likely N-dealkylation sites (N-methyl/N-ethyl adjacent to an activating group) is 1. The number of carbonyl (C=O) groups excluding carboxylic acids is 2. The molecule has 1 heterocycles. The van der Waals surface area contributed by atoms with Crippen LogP contribution in [0.4, 0.5) is 5.82 Å². The highest BCUT2D eigenvalue weighted by Gasteiger charge is 2.12. The first-order chi connectivity index (χ1) is 12.5. The van der Waals surface area contributed by atoms with Crippen LogP contribution in [0.3, 0.4) is 0 Å². The van der Waals surface area contributed by atoms with Crippen LogP contribution in [0.5, 0.6) is 0 Å². The first-order valence-electron chi connectivity index (χ1n) is 8.49. The van der Waals surface area contributed by atoms with Crippen molar-refractivity contribution >= 4 is 29.2 Å². The van der Waals surface area contributed by atoms with Crippen LogP contribution >= 0.6 is 11.6 Å². The van der Waals surface area contributed by atoms with E-state index in [1.54, 1.807) is 28.9 Å². The van der Waals surface area contributed by atoms with Crippen molar-refractivity contribution < 1.29 is 9.59 Å². The lowest BCUT2D eigenvalue weighted by atomic mass is 10.2. The Hall–Kier alpha value is -2.38. The van der Waals surface area contributed by atoms with Crippen molar-refractivity contribution in [2.75, 3.05) is 32.0 Å². The highest BCUT2D eigenvalue weighted by molar-refractivity contribution is 6.30. The summed E-state index contributed by atoms with van der Waals surface area (Å²) in [5.74, 6) is 0.301. The number of amides is 2. The Bertz CT molecular complexity index is 747.